The number of nitrogens with two attached hydrogens (primary N) is 2. The van der Waals surface area contributed by atoms with Gasteiger partial charge in [0.2, 0.25) is 5.95 Å². The second kappa shape index (κ2) is 4.52. The van der Waals surface area contributed by atoms with Crippen LogP contribution < -0.4 is 11.5 Å². The van der Waals surface area contributed by atoms with Crippen LogP contribution in [0.15, 0.2) is 6.33 Å². The molecule has 1 saturated heterocycles. The molecule has 10 heteroatoms. The SMILES string of the molecule is Nc1nc(N)c2ncn([C@H]3O[C@@H](CO)[C@H](O)[C@@H]3O)c2n1. The van der Waals surface area contributed by atoms with Crippen molar-refractivity contribution < 1.29 is 20.1 Å². The van der Waals surface area contributed by atoms with Gasteiger partial charge in [0.15, 0.2) is 17.7 Å². The lowest BCUT2D eigenvalue weighted by Gasteiger charge is -2.16. The summed E-state index contributed by atoms with van der Waals surface area (Å²) in [5, 5.41) is 28.8. The van der Waals surface area contributed by atoms with Crippen molar-refractivity contribution in [3.8, 4) is 0 Å². The van der Waals surface area contributed by atoms with Crippen molar-refractivity contribution in [2.24, 2.45) is 0 Å². The average molecular weight is 282 g/mol. The first-order chi connectivity index (χ1) is 9.52. The second-order valence-corrected chi connectivity index (χ2v) is 4.52. The van der Waals surface area contributed by atoms with E-state index in [2.05, 4.69) is 15.0 Å². The molecule has 0 spiro atoms. The van der Waals surface area contributed by atoms with Crippen LogP contribution in [0.2, 0.25) is 0 Å². The number of fused-ring (bicyclic) bond motifs is 1. The smallest absolute Gasteiger partial charge is 0.224 e. The molecule has 0 aliphatic carbocycles. The monoisotopic (exact) mass is 282 g/mol. The highest BCUT2D eigenvalue weighted by Gasteiger charge is 2.44. The molecule has 1 aliphatic heterocycles. The Balaban J connectivity index is 2.07. The zero-order chi connectivity index (χ0) is 14.4. The molecule has 0 unspecified atom stereocenters. The van der Waals surface area contributed by atoms with E-state index in [4.69, 9.17) is 21.3 Å². The molecule has 3 heterocycles. The van der Waals surface area contributed by atoms with Crippen LogP contribution in [-0.2, 0) is 4.74 Å². The van der Waals surface area contributed by atoms with Gasteiger partial charge in [0.05, 0.1) is 12.9 Å². The van der Waals surface area contributed by atoms with E-state index in [1.165, 1.54) is 10.9 Å². The van der Waals surface area contributed by atoms with Gasteiger partial charge in [-0.05, 0) is 0 Å². The van der Waals surface area contributed by atoms with Crippen LogP contribution in [0.5, 0.6) is 0 Å². The summed E-state index contributed by atoms with van der Waals surface area (Å²) in [4.78, 5) is 11.8. The summed E-state index contributed by atoms with van der Waals surface area (Å²) in [6.07, 6.45) is -2.92. The lowest BCUT2D eigenvalue weighted by molar-refractivity contribution is -0.0511. The third kappa shape index (κ3) is 1.78. The summed E-state index contributed by atoms with van der Waals surface area (Å²) in [5.41, 5.74) is 11.8. The summed E-state index contributed by atoms with van der Waals surface area (Å²) >= 11 is 0. The maximum atomic E-state index is 9.99. The van der Waals surface area contributed by atoms with Gasteiger partial charge >= 0.3 is 0 Å². The van der Waals surface area contributed by atoms with Crippen molar-refractivity contribution in [3.05, 3.63) is 6.33 Å². The van der Waals surface area contributed by atoms with Gasteiger partial charge < -0.3 is 31.5 Å². The molecule has 0 aromatic carbocycles. The first-order valence-corrected chi connectivity index (χ1v) is 5.91. The number of aliphatic hydroxyl groups excluding tert-OH is 3. The molecule has 0 radical (unpaired) electrons. The molecule has 1 aliphatic rings. The van der Waals surface area contributed by atoms with Crippen LogP contribution in [0.3, 0.4) is 0 Å². The van der Waals surface area contributed by atoms with Gasteiger partial charge in [-0.15, -0.1) is 0 Å². The molecule has 108 valence electrons. The first-order valence-electron chi connectivity index (χ1n) is 5.91. The van der Waals surface area contributed by atoms with Gasteiger partial charge in [0.25, 0.3) is 0 Å². The van der Waals surface area contributed by atoms with Gasteiger partial charge in [0, 0.05) is 0 Å². The van der Waals surface area contributed by atoms with E-state index in [1.807, 2.05) is 0 Å². The highest BCUT2D eigenvalue weighted by Crippen LogP contribution is 2.31. The Hall–Kier alpha value is -2.01. The minimum Gasteiger partial charge on any atom is -0.394 e. The highest BCUT2D eigenvalue weighted by molar-refractivity contribution is 5.82. The molecular weight excluding hydrogens is 268 g/mol. The van der Waals surface area contributed by atoms with Gasteiger partial charge in [0.1, 0.15) is 23.8 Å². The predicted octanol–water partition coefficient (Wildman–Crippen LogP) is -2.40. The highest BCUT2D eigenvalue weighted by atomic mass is 16.6. The van der Waals surface area contributed by atoms with E-state index in [-0.39, 0.29) is 17.4 Å². The number of nitrogens with zero attached hydrogens (tertiary/aromatic N) is 4. The maximum Gasteiger partial charge on any atom is 0.224 e. The van der Waals surface area contributed by atoms with Crippen molar-refractivity contribution in [1.82, 2.24) is 19.5 Å². The number of aliphatic hydroxyl groups is 3. The van der Waals surface area contributed by atoms with Crippen LogP contribution >= 0.6 is 0 Å². The Kier molecular flexibility index (Phi) is 2.94. The summed E-state index contributed by atoms with van der Waals surface area (Å²) in [7, 11) is 0. The first kappa shape index (κ1) is 13.0. The fourth-order valence-electron chi connectivity index (χ4n) is 2.25. The van der Waals surface area contributed by atoms with Crippen molar-refractivity contribution in [2.75, 3.05) is 18.1 Å². The number of rotatable bonds is 2. The molecule has 3 rings (SSSR count). The van der Waals surface area contributed by atoms with Gasteiger partial charge in [-0.25, -0.2) is 4.98 Å². The summed E-state index contributed by atoms with van der Waals surface area (Å²) in [6, 6.07) is 0. The van der Waals surface area contributed by atoms with Crippen molar-refractivity contribution in [1.29, 1.82) is 0 Å². The Morgan fingerprint density at radius 2 is 2.00 bits per heavy atom. The number of ether oxygens (including phenoxy) is 1. The van der Waals surface area contributed by atoms with E-state index in [0.29, 0.717) is 5.52 Å². The topological polar surface area (TPSA) is 166 Å². The maximum absolute atomic E-state index is 9.99. The van der Waals surface area contributed by atoms with Crippen molar-refractivity contribution in [2.45, 2.75) is 24.5 Å². The lowest BCUT2D eigenvalue weighted by Crippen LogP contribution is -2.33. The second-order valence-electron chi connectivity index (χ2n) is 4.52. The number of anilines is 2. The van der Waals surface area contributed by atoms with Crippen molar-refractivity contribution in [3.63, 3.8) is 0 Å². The lowest BCUT2D eigenvalue weighted by atomic mass is 10.1. The molecule has 0 saturated carbocycles. The Bertz CT molecular complexity index is 646. The molecule has 2 aromatic heterocycles. The van der Waals surface area contributed by atoms with Crippen LogP contribution in [0, 0.1) is 0 Å². The van der Waals surface area contributed by atoms with E-state index in [9.17, 15) is 10.2 Å². The number of hydrogen-bond acceptors (Lipinski definition) is 9. The molecule has 1 fully saturated rings. The summed E-state index contributed by atoms with van der Waals surface area (Å²) in [6.45, 7) is -0.416. The molecule has 20 heavy (non-hydrogen) atoms. The zero-order valence-corrected chi connectivity index (χ0v) is 10.3. The van der Waals surface area contributed by atoms with Gasteiger partial charge in [-0.2, -0.15) is 9.97 Å². The van der Waals surface area contributed by atoms with Crippen LogP contribution in [0.25, 0.3) is 11.2 Å². The fourth-order valence-corrected chi connectivity index (χ4v) is 2.25. The standard InChI is InChI=1S/C10H14N6O4/c11-7-4-8(15-10(12)14-7)16(2-13-4)9-6(19)5(18)3(1-17)20-9/h2-3,5-6,9,17-19H,1H2,(H4,11,12,14,15)/t3-,5-,6-,9-/m0/s1. The van der Waals surface area contributed by atoms with Crippen LogP contribution in [-0.4, -0.2) is 59.8 Å². The van der Waals surface area contributed by atoms with E-state index < -0.39 is 31.1 Å². The molecule has 4 atom stereocenters. The van der Waals surface area contributed by atoms with Gasteiger partial charge in [-0.3, -0.25) is 4.57 Å². The minimum atomic E-state index is -1.23. The van der Waals surface area contributed by atoms with E-state index in [0.717, 1.165) is 0 Å². The van der Waals surface area contributed by atoms with Crippen LogP contribution in [0.1, 0.15) is 6.23 Å². The van der Waals surface area contributed by atoms with Crippen LogP contribution in [0.4, 0.5) is 11.8 Å². The predicted molar refractivity (Wildman–Crippen MR) is 67.2 cm³/mol. The number of hydrogen-bond donors (Lipinski definition) is 5. The zero-order valence-electron chi connectivity index (χ0n) is 10.3. The number of nitrogen functional groups attached to an aromatic ring is 2. The number of imidazole rings is 1. The van der Waals surface area contributed by atoms with Gasteiger partial charge in [-0.1, -0.05) is 0 Å². The van der Waals surface area contributed by atoms with E-state index in [1.54, 1.807) is 0 Å². The Morgan fingerprint density at radius 3 is 2.65 bits per heavy atom. The van der Waals surface area contributed by atoms with Crippen molar-refractivity contribution >= 4 is 22.9 Å². The quantitative estimate of drug-likeness (QED) is 0.403. The Labute approximate surface area is 112 Å². The summed E-state index contributed by atoms with van der Waals surface area (Å²) in [5.74, 6) is 0.0708. The fraction of sp³-hybridized carbons (Fsp3) is 0.500. The summed E-state index contributed by atoms with van der Waals surface area (Å²) < 4.78 is 6.79. The Morgan fingerprint density at radius 1 is 1.25 bits per heavy atom. The molecule has 10 nitrogen and oxygen atoms in total. The largest absolute Gasteiger partial charge is 0.394 e. The third-order valence-corrected chi connectivity index (χ3v) is 3.26. The molecule has 0 bridgehead atoms. The normalized spacial score (nSPS) is 30.1. The molecule has 7 N–H and O–H groups in total. The third-order valence-electron chi connectivity index (χ3n) is 3.26. The molecule has 0 amide bonds. The number of aromatic nitrogens is 4. The average Bonchev–Trinajstić information content (AvgIpc) is 2.93. The van der Waals surface area contributed by atoms with E-state index >= 15 is 0 Å². The minimum absolute atomic E-state index is 0.0384. The molecule has 2 aromatic rings. The molecular formula is C10H14N6O4.